The summed E-state index contributed by atoms with van der Waals surface area (Å²) in [5.74, 6) is 0.742. The molecule has 302 valence electrons. The summed E-state index contributed by atoms with van der Waals surface area (Å²) in [6, 6.07) is 0. The third-order valence-corrected chi connectivity index (χ3v) is 10.3. The number of carbonyl (C=O) groups is 3. The molecular weight excluding hydrogens is 636 g/mol. The van der Waals surface area contributed by atoms with Crippen LogP contribution in [0.5, 0.6) is 0 Å². The van der Waals surface area contributed by atoms with Crippen molar-refractivity contribution in [3.63, 3.8) is 0 Å². The first-order valence-electron chi connectivity index (χ1n) is 22.3. The molecule has 0 N–H and O–H groups in total. The molecule has 0 aromatic rings. The van der Waals surface area contributed by atoms with Gasteiger partial charge in [0.15, 0.2) is 6.10 Å². The Labute approximate surface area is 317 Å². The zero-order valence-electron chi connectivity index (χ0n) is 34.7. The van der Waals surface area contributed by atoms with Crippen LogP contribution in [-0.2, 0) is 28.6 Å². The first-order valence-corrected chi connectivity index (χ1v) is 22.3. The molecule has 6 nitrogen and oxygen atoms in total. The van der Waals surface area contributed by atoms with Crippen LogP contribution in [-0.4, -0.2) is 37.2 Å². The molecule has 0 fully saturated rings. The quantitative estimate of drug-likeness (QED) is 0.0357. The Morgan fingerprint density at radius 3 is 1.12 bits per heavy atom. The van der Waals surface area contributed by atoms with Gasteiger partial charge in [0.05, 0.1) is 0 Å². The van der Waals surface area contributed by atoms with Crippen molar-refractivity contribution < 1.29 is 28.6 Å². The fourth-order valence-corrected chi connectivity index (χ4v) is 6.54. The molecule has 0 aliphatic carbocycles. The van der Waals surface area contributed by atoms with Gasteiger partial charge in [-0.1, -0.05) is 202 Å². The van der Waals surface area contributed by atoms with Crippen LogP contribution in [0.2, 0.25) is 0 Å². The summed E-state index contributed by atoms with van der Waals surface area (Å²) < 4.78 is 16.7. The van der Waals surface area contributed by atoms with Gasteiger partial charge in [0.2, 0.25) is 0 Å². The Hall–Kier alpha value is -1.59. The van der Waals surface area contributed by atoms with Crippen LogP contribution >= 0.6 is 0 Å². The van der Waals surface area contributed by atoms with Crippen LogP contribution in [0.4, 0.5) is 0 Å². The topological polar surface area (TPSA) is 78.9 Å². The number of rotatable bonds is 39. The molecule has 0 saturated carbocycles. The van der Waals surface area contributed by atoms with Gasteiger partial charge in [-0.2, -0.15) is 0 Å². The van der Waals surface area contributed by atoms with Gasteiger partial charge >= 0.3 is 17.9 Å². The van der Waals surface area contributed by atoms with Crippen molar-refractivity contribution in [3.05, 3.63) is 0 Å². The maximum atomic E-state index is 12.6. The van der Waals surface area contributed by atoms with Gasteiger partial charge in [0.1, 0.15) is 13.2 Å². The van der Waals surface area contributed by atoms with Crippen LogP contribution in [0.25, 0.3) is 0 Å². The van der Waals surface area contributed by atoms with Crippen LogP contribution < -0.4 is 0 Å². The molecule has 0 aliphatic heterocycles. The first-order chi connectivity index (χ1) is 24.8. The predicted molar refractivity (Wildman–Crippen MR) is 215 cm³/mol. The minimum Gasteiger partial charge on any atom is -0.462 e. The van der Waals surface area contributed by atoms with E-state index in [2.05, 4.69) is 34.6 Å². The molecule has 2 atom stereocenters. The zero-order chi connectivity index (χ0) is 37.6. The van der Waals surface area contributed by atoms with E-state index in [0.29, 0.717) is 19.3 Å². The molecule has 0 aromatic heterocycles. The Bertz CT molecular complexity index is 781. The van der Waals surface area contributed by atoms with Crippen LogP contribution in [0.3, 0.4) is 0 Å². The lowest BCUT2D eigenvalue weighted by molar-refractivity contribution is -0.167. The average molecular weight is 723 g/mol. The van der Waals surface area contributed by atoms with Gasteiger partial charge in [-0.25, -0.2) is 0 Å². The highest BCUT2D eigenvalue weighted by molar-refractivity contribution is 5.71. The number of hydrogen-bond donors (Lipinski definition) is 0. The smallest absolute Gasteiger partial charge is 0.306 e. The Morgan fingerprint density at radius 2 is 0.745 bits per heavy atom. The van der Waals surface area contributed by atoms with Gasteiger partial charge in [-0.3, -0.25) is 14.4 Å². The van der Waals surface area contributed by atoms with Crippen molar-refractivity contribution in [2.75, 3.05) is 13.2 Å². The highest BCUT2D eigenvalue weighted by Crippen LogP contribution is 2.17. The Kier molecular flexibility index (Phi) is 37.0. The van der Waals surface area contributed by atoms with Crippen molar-refractivity contribution >= 4 is 17.9 Å². The van der Waals surface area contributed by atoms with E-state index in [1.54, 1.807) is 0 Å². The lowest BCUT2D eigenvalue weighted by Gasteiger charge is -2.18. The van der Waals surface area contributed by atoms with E-state index >= 15 is 0 Å². The normalized spacial score (nSPS) is 12.6. The third kappa shape index (κ3) is 38.0. The molecule has 0 rings (SSSR count). The van der Waals surface area contributed by atoms with Gasteiger partial charge in [0.25, 0.3) is 0 Å². The fourth-order valence-electron chi connectivity index (χ4n) is 6.54. The summed E-state index contributed by atoms with van der Waals surface area (Å²) in [5, 5.41) is 0. The van der Waals surface area contributed by atoms with Crippen molar-refractivity contribution in [1.82, 2.24) is 0 Å². The maximum absolute atomic E-state index is 12.6. The van der Waals surface area contributed by atoms with Crippen molar-refractivity contribution in [2.45, 2.75) is 246 Å². The second-order valence-electron chi connectivity index (χ2n) is 16.1. The molecule has 0 bridgehead atoms. The average Bonchev–Trinajstić information content (AvgIpc) is 3.11. The van der Waals surface area contributed by atoms with E-state index < -0.39 is 6.10 Å². The number of esters is 3. The highest BCUT2D eigenvalue weighted by atomic mass is 16.6. The zero-order valence-corrected chi connectivity index (χ0v) is 34.7. The maximum Gasteiger partial charge on any atom is 0.306 e. The third-order valence-electron chi connectivity index (χ3n) is 10.3. The fraction of sp³-hybridized carbons (Fsp3) is 0.933. The molecule has 0 spiro atoms. The molecular formula is C45H86O6. The van der Waals surface area contributed by atoms with Gasteiger partial charge < -0.3 is 14.2 Å². The van der Waals surface area contributed by atoms with Gasteiger partial charge in [-0.05, 0) is 31.1 Å². The summed E-state index contributed by atoms with van der Waals surface area (Å²) in [6.45, 7) is 11.3. The molecule has 1 unspecified atom stereocenters. The molecule has 0 radical (unpaired) electrons. The van der Waals surface area contributed by atoms with Gasteiger partial charge in [-0.15, -0.1) is 0 Å². The summed E-state index contributed by atoms with van der Waals surface area (Å²) in [7, 11) is 0. The second kappa shape index (κ2) is 38.1. The number of unbranched alkanes of at least 4 members (excludes halogenated alkanes) is 23. The number of ether oxygens (including phenoxy) is 3. The number of carbonyl (C=O) groups excluding carboxylic acids is 3. The minimum absolute atomic E-state index is 0.0662. The van der Waals surface area contributed by atoms with E-state index in [-0.39, 0.29) is 31.1 Å². The Morgan fingerprint density at radius 1 is 0.412 bits per heavy atom. The van der Waals surface area contributed by atoms with Crippen molar-refractivity contribution in [1.29, 1.82) is 0 Å². The largest absolute Gasteiger partial charge is 0.462 e. The van der Waals surface area contributed by atoms with E-state index in [1.165, 1.54) is 128 Å². The van der Waals surface area contributed by atoms with Crippen molar-refractivity contribution in [3.8, 4) is 0 Å². The highest BCUT2D eigenvalue weighted by Gasteiger charge is 2.19. The molecule has 51 heavy (non-hydrogen) atoms. The first kappa shape index (κ1) is 49.4. The summed E-state index contributed by atoms with van der Waals surface area (Å²) in [4.78, 5) is 37.6. The summed E-state index contributed by atoms with van der Waals surface area (Å²) in [5.41, 5.74) is 0. The molecule has 0 heterocycles. The minimum atomic E-state index is -0.760. The molecule has 6 heteroatoms. The van der Waals surface area contributed by atoms with Gasteiger partial charge in [0, 0.05) is 19.3 Å². The van der Waals surface area contributed by atoms with Crippen LogP contribution in [0.1, 0.15) is 240 Å². The van der Waals surface area contributed by atoms with E-state index in [4.69, 9.17) is 14.2 Å². The SMILES string of the molecule is CCCCCCCCCCCCCCC(=O)OC[C@H](COC(=O)CCCCCCCCCCC(C)CC)OC(=O)CCCCCCCCC(C)C. The van der Waals surface area contributed by atoms with Crippen LogP contribution in [0, 0.1) is 11.8 Å². The molecule has 0 amide bonds. The van der Waals surface area contributed by atoms with E-state index in [1.807, 2.05) is 0 Å². The van der Waals surface area contributed by atoms with Crippen LogP contribution in [0.15, 0.2) is 0 Å². The van der Waals surface area contributed by atoms with E-state index in [9.17, 15) is 14.4 Å². The second-order valence-corrected chi connectivity index (χ2v) is 16.1. The summed E-state index contributed by atoms with van der Waals surface area (Å²) in [6.07, 6.45) is 35.2. The molecule has 0 aromatic carbocycles. The lowest BCUT2D eigenvalue weighted by Crippen LogP contribution is -2.30. The molecule has 0 aliphatic rings. The predicted octanol–water partition coefficient (Wildman–Crippen LogP) is 13.8. The standard InChI is InChI=1S/C45H86O6/c1-6-8-9-10-11-12-13-14-15-19-25-30-35-43(46)49-38-42(51-45(48)37-32-27-22-21-23-28-33-40(3)4)39-50-44(47)36-31-26-20-17-16-18-24-29-34-41(5)7-2/h40-42H,6-39H2,1-5H3/t41?,42-/m1/s1. The molecule has 0 saturated heterocycles. The monoisotopic (exact) mass is 723 g/mol. The van der Waals surface area contributed by atoms with E-state index in [0.717, 1.165) is 69.6 Å². The summed E-state index contributed by atoms with van der Waals surface area (Å²) >= 11 is 0. The Balaban J connectivity index is 4.33. The lowest BCUT2D eigenvalue weighted by atomic mass is 9.99. The van der Waals surface area contributed by atoms with Crippen molar-refractivity contribution in [2.24, 2.45) is 11.8 Å². The number of hydrogen-bond acceptors (Lipinski definition) is 6.